The molecule has 0 unspecified atom stereocenters. The third kappa shape index (κ3) is 1.07. The lowest BCUT2D eigenvalue weighted by molar-refractivity contribution is -0.117. The molecule has 0 aromatic heterocycles. The van der Waals surface area contributed by atoms with Gasteiger partial charge in [0.05, 0.1) is 5.36 Å². The van der Waals surface area contributed by atoms with Crippen molar-refractivity contribution in [1.82, 2.24) is 0 Å². The zero-order valence-corrected chi connectivity index (χ0v) is 5.95. The van der Waals surface area contributed by atoms with Gasteiger partial charge in [-0.1, -0.05) is 24.3 Å². The molecule has 0 saturated heterocycles. The van der Waals surface area contributed by atoms with Crippen molar-refractivity contribution < 1.29 is 4.79 Å². The lowest BCUT2D eigenvalue weighted by Crippen LogP contribution is -2.28. The molecule has 2 rings (SSSR count). The molecule has 0 saturated carbocycles. The van der Waals surface area contributed by atoms with Crippen LogP contribution in [0.5, 0.6) is 0 Å². The van der Waals surface area contributed by atoms with Gasteiger partial charge in [0, 0.05) is 6.42 Å². The van der Waals surface area contributed by atoms with Crippen LogP contribution in [0.4, 0.5) is 0 Å². The third-order valence-electron chi connectivity index (χ3n) is 1.68. The number of rotatable bonds is 0. The van der Waals surface area contributed by atoms with Crippen molar-refractivity contribution in [3.8, 4) is 0 Å². The molecule has 0 atom stereocenters. The molecule has 11 heavy (non-hydrogen) atoms. The van der Waals surface area contributed by atoms with Crippen molar-refractivity contribution in [2.24, 2.45) is 4.99 Å². The molecule has 1 aliphatic rings. The fraction of sp³-hybridized carbons (Fsp3) is 0.111. The van der Waals surface area contributed by atoms with Gasteiger partial charge in [-0.15, -0.1) is 0 Å². The summed E-state index contributed by atoms with van der Waals surface area (Å²) < 4.78 is 0. The van der Waals surface area contributed by atoms with Crippen LogP contribution in [0.3, 0.4) is 0 Å². The number of nitrogens with zero attached hydrogens (tertiary/aromatic N) is 1. The molecule has 1 aliphatic heterocycles. The van der Waals surface area contributed by atoms with E-state index in [1.165, 1.54) is 0 Å². The largest absolute Gasteiger partial charge is 0.272 e. The van der Waals surface area contributed by atoms with Crippen molar-refractivity contribution in [2.45, 2.75) is 6.42 Å². The molecule has 1 heterocycles. The number of amides is 1. The van der Waals surface area contributed by atoms with Gasteiger partial charge in [-0.3, -0.25) is 4.79 Å². The summed E-state index contributed by atoms with van der Waals surface area (Å²) in [4.78, 5) is 14.7. The zero-order valence-electron chi connectivity index (χ0n) is 5.95. The van der Waals surface area contributed by atoms with Crippen LogP contribution in [0.15, 0.2) is 29.3 Å². The Hall–Kier alpha value is -1.44. The van der Waals surface area contributed by atoms with E-state index in [1.54, 1.807) is 0 Å². The number of para-hydroxylation sites is 1. The van der Waals surface area contributed by atoms with Crippen molar-refractivity contribution >= 4 is 12.0 Å². The lowest BCUT2D eigenvalue weighted by atomic mass is 10.2. The van der Waals surface area contributed by atoms with Crippen LogP contribution in [0.1, 0.15) is 6.42 Å². The van der Waals surface area contributed by atoms with E-state index >= 15 is 0 Å². The van der Waals surface area contributed by atoms with Crippen molar-refractivity contribution in [3.63, 3.8) is 0 Å². The minimum Gasteiger partial charge on any atom is -0.272 e. The summed E-state index contributed by atoms with van der Waals surface area (Å²) in [6, 6.07) is 7.64. The Morgan fingerprint density at radius 2 is 2.09 bits per heavy atom. The fourth-order valence-electron chi connectivity index (χ4n) is 1.14. The highest BCUT2D eigenvalue weighted by Crippen LogP contribution is 1.88. The van der Waals surface area contributed by atoms with E-state index in [0.717, 1.165) is 10.6 Å². The number of fused-ring (bicyclic) bond motifs is 1. The van der Waals surface area contributed by atoms with Gasteiger partial charge >= 0.3 is 0 Å². The van der Waals surface area contributed by atoms with Crippen molar-refractivity contribution in [1.29, 1.82) is 0 Å². The van der Waals surface area contributed by atoms with Crippen LogP contribution in [0.25, 0.3) is 6.08 Å². The average molecular weight is 145 g/mol. The molecule has 0 spiro atoms. The highest BCUT2D eigenvalue weighted by atomic mass is 16.1. The zero-order chi connectivity index (χ0) is 7.68. The Bertz CT molecular complexity index is 406. The van der Waals surface area contributed by atoms with E-state index in [4.69, 9.17) is 0 Å². The summed E-state index contributed by atoms with van der Waals surface area (Å²) >= 11 is 0. The first-order valence-corrected chi connectivity index (χ1v) is 3.53. The second-order valence-corrected chi connectivity index (χ2v) is 2.47. The molecule has 54 valence electrons. The van der Waals surface area contributed by atoms with E-state index in [0.29, 0.717) is 6.42 Å². The maximum absolute atomic E-state index is 10.8. The van der Waals surface area contributed by atoms with E-state index in [9.17, 15) is 4.79 Å². The second-order valence-electron chi connectivity index (χ2n) is 2.47. The maximum atomic E-state index is 10.8. The van der Waals surface area contributed by atoms with Crippen molar-refractivity contribution in [3.05, 3.63) is 34.8 Å². The smallest absolute Gasteiger partial charge is 0.250 e. The first-order valence-electron chi connectivity index (χ1n) is 3.53. The molecule has 1 aromatic carbocycles. The SMILES string of the molecule is O=C1CC=c2ccccc2=N1. The quantitative estimate of drug-likeness (QED) is 0.506. The molecule has 0 N–H and O–H groups in total. The highest BCUT2D eigenvalue weighted by Gasteiger charge is 1.99. The van der Waals surface area contributed by atoms with Crippen LogP contribution < -0.4 is 10.6 Å². The normalized spacial score (nSPS) is 14.7. The summed E-state index contributed by atoms with van der Waals surface area (Å²) in [7, 11) is 0. The number of carbonyl (C=O) groups is 1. The minimum atomic E-state index is -0.0521. The Balaban J connectivity index is 2.83. The van der Waals surface area contributed by atoms with Gasteiger partial charge in [0.25, 0.3) is 0 Å². The standard InChI is InChI=1S/C9H7NO/c11-9-6-5-7-3-1-2-4-8(7)10-9/h1-5H,6H2. The molecular weight excluding hydrogens is 138 g/mol. The van der Waals surface area contributed by atoms with Gasteiger partial charge in [0.1, 0.15) is 0 Å². The van der Waals surface area contributed by atoms with Gasteiger partial charge < -0.3 is 0 Å². The Morgan fingerprint density at radius 3 is 3.00 bits per heavy atom. The highest BCUT2D eigenvalue weighted by molar-refractivity contribution is 5.82. The van der Waals surface area contributed by atoms with E-state index in [1.807, 2.05) is 30.3 Å². The summed E-state index contributed by atoms with van der Waals surface area (Å²) in [6.45, 7) is 0. The van der Waals surface area contributed by atoms with Crippen LogP contribution in [-0.2, 0) is 4.79 Å². The van der Waals surface area contributed by atoms with Crippen LogP contribution in [0.2, 0.25) is 0 Å². The molecule has 1 aromatic rings. The predicted octanol–water partition coefficient (Wildman–Crippen LogP) is 0.0170. The topological polar surface area (TPSA) is 29.4 Å². The first kappa shape index (κ1) is 6.28. The number of hydrogen-bond donors (Lipinski definition) is 0. The van der Waals surface area contributed by atoms with Crippen LogP contribution >= 0.6 is 0 Å². The number of carbonyl (C=O) groups excluding carboxylic acids is 1. The van der Waals surface area contributed by atoms with Gasteiger partial charge in [0.15, 0.2) is 0 Å². The molecule has 2 heteroatoms. The van der Waals surface area contributed by atoms with E-state index < -0.39 is 0 Å². The van der Waals surface area contributed by atoms with Crippen molar-refractivity contribution in [2.75, 3.05) is 0 Å². The minimum absolute atomic E-state index is 0.0521. The predicted molar refractivity (Wildman–Crippen MR) is 41.3 cm³/mol. The molecular formula is C9H7NO. The van der Waals surface area contributed by atoms with E-state index in [-0.39, 0.29) is 5.91 Å². The Labute approximate surface area is 63.9 Å². The fourth-order valence-corrected chi connectivity index (χ4v) is 1.14. The molecule has 0 aliphatic carbocycles. The summed E-state index contributed by atoms with van der Waals surface area (Å²) in [6.07, 6.45) is 2.35. The summed E-state index contributed by atoms with van der Waals surface area (Å²) in [5.41, 5.74) is 0. The lowest BCUT2D eigenvalue weighted by Gasteiger charge is -1.95. The van der Waals surface area contributed by atoms with Gasteiger partial charge in [0.2, 0.25) is 5.91 Å². The van der Waals surface area contributed by atoms with Gasteiger partial charge in [-0.25, -0.2) is 4.99 Å². The monoisotopic (exact) mass is 145 g/mol. The van der Waals surface area contributed by atoms with Crippen LogP contribution in [0, 0.1) is 0 Å². The van der Waals surface area contributed by atoms with Gasteiger partial charge in [-0.2, -0.15) is 0 Å². The summed E-state index contributed by atoms with van der Waals surface area (Å²) in [5, 5.41) is 1.86. The molecule has 0 radical (unpaired) electrons. The first-order chi connectivity index (χ1) is 5.36. The number of benzene rings is 1. The maximum Gasteiger partial charge on any atom is 0.250 e. The Kier molecular flexibility index (Phi) is 1.32. The summed E-state index contributed by atoms with van der Waals surface area (Å²) in [5.74, 6) is -0.0521. The molecule has 0 fully saturated rings. The second kappa shape index (κ2) is 2.31. The molecule has 2 nitrogen and oxygen atoms in total. The van der Waals surface area contributed by atoms with Crippen LogP contribution in [-0.4, -0.2) is 5.91 Å². The van der Waals surface area contributed by atoms with E-state index in [2.05, 4.69) is 4.99 Å². The number of hydrogen-bond acceptors (Lipinski definition) is 1. The Morgan fingerprint density at radius 1 is 1.27 bits per heavy atom. The van der Waals surface area contributed by atoms with Gasteiger partial charge in [-0.05, 0) is 11.3 Å². The molecule has 0 bridgehead atoms. The molecule has 1 amide bonds. The average Bonchev–Trinajstić information content (AvgIpc) is 2.04. The third-order valence-corrected chi connectivity index (χ3v) is 1.68.